The first-order chi connectivity index (χ1) is 14.7. The highest BCUT2D eigenvalue weighted by atomic mass is 16.5. The monoisotopic (exact) mass is 397 g/mol. The molecule has 2 aromatic carbocycles. The molecule has 0 aliphatic carbocycles. The van der Waals surface area contributed by atoms with Crippen molar-refractivity contribution < 1.29 is 4.74 Å². The van der Waals surface area contributed by atoms with E-state index >= 15 is 0 Å². The van der Waals surface area contributed by atoms with E-state index in [1.165, 1.54) is 18.6 Å². The Balaban J connectivity index is 1.74. The quantitative estimate of drug-likeness (QED) is 0.493. The molecule has 0 saturated heterocycles. The Labute approximate surface area is 170 Å². The van der Waals surface area contributed by atoms with E-state index in [4.69, 9.17) is 9.72 Å². The highest BCUT2D eigenvalue weighted by molar-refractivity contribution is 5.93. The molecule has 5 aromatic rings. The zero-order valence-electron chi connectivity index (χ0n) is 15.9. The van der Waals surface area contributed by atoms with Gasteiger partial charge in [0, 0.05) is 23.3 Å². The van der Waals surface area contributed by atoms with Crippen molar-refractivity contribution in [2.24, 2.45) is 0 Å². The van der Waals surface area contributed by atoms with Crippen LogP contribution in [0.25, 0.3) is 27.9 Å². The number of anilines is 2. The van der Waals surface area contributed by atoms with Crippen molar-refractivity contribution in [3.8, 4) is 17.1 Å². The fourth-order valence-corrected chi connectivity index (χ4v) is 3.11. The van der Waals surface area contributed by atoms with E-state index < -0.39 is 5.56 Å². The number of para-hydroxylation sites is 1. The molecule has 0 radical (unpaired) electrons. The minimum atomic E-state index is -0.455. The summed E-state index contributed by atoms with van der Waals surface area (Å²) in [5, 5.41) is 8.47. The minimum absolute atomic E-state index is 0.183. The lowest BCUT2D eigenvalue weighted by molar-refractivity contribution is 0.415. The Kier molecular flexibility index (Phi) is 4.25. The average Bonchev–Trinajstić information content (AvgIpc) is 3.14. The van der Waals surface area contributed by atoms with Gasteiger partial charge in [-0.25, -0.2) is 15.0 Å². The van der Waals surface area contributed by atoms with Crippen LogP contribution < -0.4 is 15.6 Å². The fourth-order valence-electron chi connectivity index (χ4n) is 3.11. The van der Waals surface area contributed by atoms with Crippen LogP contribution in [0.1, 0.15) is 0 Å². The molecule has 0 atom stereocenters. The predicted molar refractivity (Wildman–Crippen MR) is 112 cm³/mol. The van der Waals surface area contributed by atoms with Crippen LogP contribution in [0.15, 0.2) is 71.9 Å². The molecule has 0 saturated carbocycles. The van der Waals surface area contributed by atoms with Gasteiger partial charge in [-0.2, -0.15) is 4.52 Å². The molecule has 9 heteroatoms. The van der Waals surface area contributed by atoms with Gasteiger partial charge in [0.15, 0.2) is 11.5 Å². The average molecular weight is 397 g/mol. The molecule has 0 amide bonds. The summed E-state index contributed by atoms with van der Waals surface area (Å²) in [5.41, 5.74) is 1.85. The zero-order valence-corrected chi connectivity index (χ0v) is 15.9. The molecule has 3 aromatic heterocycles. The number of rotatable bonds is 4. The summed E-state index contributed by atoms with van der Waals surface area (Å²) >= 11 is 0. The lowest BCUT2D eigenvalue weighted by Gasteiger charge is -2.07. The second kappa shape index (κ2) is 7.21. The van der Waals surface area contributed by atoms with Crippen LogP contribution in [-0.4, -0.2) is 36.7 Å². The first-order valence-electron chi connectivity index (χ1n) is 9.10. The Morgan fingerprint density at radius 3 is 2.83 bits per heavy atom. The Bertz CT molecular complexity index is 1450. The van der Waals surface area contributed by atoms with E-state index in [1.807, 2.05) is 48.5 Å². The van der Waals surface area contributed by atoms with Crippen molar-refractivity contribution >= 4 is 28.2 Å². The van der Waals surface area contributed by atoms with Crippen LogP contribution in [0, 0.1) is 0 Å². The van der Waals surface area contributed by atoms with Crippen molar-refractivity contribution in [2.45, 2.75) is 0 Å². The second-order valence-corrected chi connectivity index (χ2v) is 6.40. The summed E-state index contributed by atoms with van der Waals surface area (Å²) in [4.78, 5) is 29.4. The Morgan fingerprint density at radius 2 is 1.93 bits per heavy atom. The van der Waals surface area contributed by atoms with Crippen molar-refractivity contribution in [3.05, 3.63) is 77.5 Å². The molecular weight excluding hydrogens is 382 g/mol. The van der Waals surface area contributed by atoms with E-state index in [9.17, 15) is 4.79 Å². The fraction of sp³-hybridized carbons (Fsp3) is 0.0476. The largest absolute Gasteiger partial charge is 0.497 e. The molecule has 1 N–H and O–H groups in total. The minimum Gasteiger partial charge on any atom is -0.497 e. The molecule has 146 valence electrons. The van der Waals surface area contributed by atoms with Crippen molar-refractivity contribution in [1.29, 1.82) is 0 Å². The van der Waals surface area contributed by atoms with Gasteiger partial charge in [0.1, 0.15) is 11.4 Å². The number of fused-ring (bicyclic) bond motifs is 3. The maximum Gasteiger partial charge on any atom is 0.295 e. The summed E-state index contributed by atoms with van der Waals surface area (Å²) in [6.07, 6.45) is 4.18. The first kappa shape index (κ1) is 17.7. The Morgan fingerprint density at radius 1 is 1.03 bits per heavy atom. The van der Waals surface area contributed by atoms with E-state index in [1.54, 1.807) is 11.6 Å². The topological polar surface area (TPSA) is 107 Å². The Hall–Kier alpha value is -4.40. The van der Waals surface area contributed by atoms with Crippen LogP contribution in [0.3, 0.4) is 0 Å². The van der Waals surface area contributed by atoms with Gasteiger partial charge in [-0.15, -0.1) is 5.10 Å². The molecule has 30 heavy (non-hydrogen) atoms. The maximum atomic E-state index is 12.2. The van der Waals surface area contributed by atoms with Crippen molar-refractivity contribution in [2.75, 3.05) is 12.4 Å². The summed E-state index contributed by atoms with van der Waals surface area (Å²) in [5.74, 6) is 1.54. The van der Waals surface area contributed by atoms with E-state index in [0.717, 1.165) is 10.9 Å². The summed E-state index contributed by atoms with van der Waals surface area (Å²) < 4.78 is 6.88. The predicted octanol–water partition coefficient (Wildman–Crippen LogP) is 2.85. The lowest BCUT2D eigenvalue weighted by Crippen LogP contribution is -2.11. The molecule has 0 aliphatic heterocycles. The van der Waals surface area contributed by atoms with Crippen LogP contribution >= 0.6 is 0 Å². The number of benzene rings is 2. The molecule has 0 bridgehead atoms. The van der Waals surface area contributed by atoms with Gasteiger partial charge in [-0.1, -0.05) is 24.3 Å². The van der Waals surface area contributed by atoms with E-state index in [0.29, 0.717) is 28.7 Å². The molecule has 3 heterocycles. The van der Waals surface area contributed by atoms with E-state index in [2.05, 4.69) is 25.4 Å². The standard InChI is InChI=1S/C21H15N7O2/c1-30-14-6-4-5-13(11-14)18-26-19-15-7-2-3-8-16(15)24-21(28(19)27-18)25-17-12-22-9-10-23-20(17)29/h2-12H,1H3,(H,23,24,25,29). The molecule has 0 spiro atoms. The smallest absolute Gasteiger partial charge is 0.295 e. The number of hydrogen-bond acceptors (Lipinski definition) is 8. The number of hydrogen-bond donors (Lipinski definition) is 1. The highest BCUT2D eigenvalue weighted by Gasteiger charge is 2.15. The van der Waals surface area contributed by atoms with Gasteiger partial charge >= 0.3 is 0 Å². The SMILES string of the molecule is COc1cccc(-c2nc3c4ccccc4nc(Nc4cnccnc4=O)n3n2)c1. The summed E-state index contributed by atoms with van der Waals surface area (Å²) in [6, 6.07) is 15.1. The maximum absolute atomic E-state index is 12.2. The number of aromatic nitrogens is 6. The molecule has 0 fully saturated rings. The van der Waals surface area contributed by atoms with Crippen LogP contribution in [0.5, 0.6) is 5.75 Å². The number of nitrogens with zero attached hydrogens (tertiary/aromatic N) is 6. The molecular formula is C21H15N7O2. The van der Waals surface area contributed by atoms with Gasteiger partial charge < -0.3 is 10.1 Å². The third-order valence-electron chi connectivity index (χ3n) is 4.53. The van der Waals surface area contributed by atoms with Crippen molar-refractivity contribution in [1.82, 2.24) is 29.5 Å². The van der Waals surface area contributed by atoms with Gasteiger partial charge in [-0.05, 0) is 24.3 Å². The number of nitrogens with one attached hydrogen (secondary N) is 1. The molecule has 0 aliphatic rings. The normalized spacial score (nSPS) is 11.0. The number of ether oxygens (including phenoxy) is 1. The van der Waals surface area contributed by atoms with E-state index in [-0.39, 0.29) is 5.69 Å². The highest BCUT2D eigenvalue weighted by Crippen LogP contribution is 2.26. The molecule has 0 unspecified atom stereocenters. The van der Waals surface area contributed by atoms with Gasteiger partial charge in [-0.3, -0.25) is 9.78 Å². The molecule has 9 nitrogen and oxygen atoms in total. The summed E-state index contributed by atoms with van der Waals surface area (Å²) in [7, 11) is 1.61. The van der Waals surface area contributed by atoms with Gasteiger partial charge in [0.05, 0.1) is 18.8 Å². The number of methoxy groups -OCH3 is 1. The third-order valence-corrected chi connectivity index (χ3v) is 4.53. The van der Waals surface area contributed by atoms with Crippen LogP contribution in [0.2, 0.25) is 0 Å². The lowest BCUT2D eigenvalue weighted by atomic mass is 10.2. The molecule has 5 rings (SSSR count). The third kappa shape index (κ3) is 3.08. The van der Waals surface area contributed by atoms with Gasteiger partial charge in [0.25, 0.3) is 5.56 Å². The second-order valence-electron chi connectivity index (χ2n) is 6.40. The zero-order chi connectivity index (χ0) is 20.5. The van der Waals surface area contributed by atoms with Crippen LogP contribution in [0.4, 0.5) is 11.6 Å². The summed E-state index contributed by atoms with van der Waals surface area (Å²) in [6.45, 7) is 0. The van der Waals surface area contributed by atoms with Crippen molar-refractivity contribution in [3.63, 3.8) is 0 Å². The van der Waals surface area contributed by atoms with Crippen LogP contribution in [-0.2, 0) is 0 Å². The first-order valence-corrected chi connectivity index (χ1v) is 9.10. The van der Waals surface area contributed by atoms with Gasteiger partial charge in [0.2, 0.25) is 5.95 Å².